The van der Waals surface area contributed by atoms with Crippen LogP contribution in [0.4, 0.5) is 0 Å². The largest absolute Gasteiger partial charge is 0.462 e. The molecule has 0 unspecified atom stereocenters. The average molecular weight is 429 g/mol. The Kier molecular flexibility index (Phi) is 3.39. The third-order valence-corrected chi connectivity index (χ3v) is 10.4. The Bertz CT molecular complexity index is 967. The van der Waals surface area contributed by atoms with Crippen LogP contribution in [0.1, 0.15) is 66.7 Å². The predicted octanol–water partition coefficient (Wildman–Crippen LogP) is 3.37. The molecule has 0 aromatic heterocycles. The summed E-state index contributed by atoms with van der Waals surface area (Å²) in [7, 11) is 0. The minimum Gasteiger partial charge on any atom is -0.462 e. The summed E-state index contributed by atoms with van der Waals surface area (Å²) in [6.45, 7) is 10.5. The van der Waals surface area contributed by atoms with Gasteiger partial charge in [-0.1, -0.05) is 19.9 Å². The maximum atomic E-state index is 14.1. The lowest BCUT2D eigenvalue weighted by atomic mass is 9.46. The topological polar surface area (TPSA) is 78.9 Å². The number of esters is 2. The van der Waals surface area contributed by atoms with Crippen molar-refractivity contribution in [3.63, 3.8) is 0 Å². The van der Waals surface area contributed by atoms with Gasteiger partial charge in [0.25, 0.3) is 0 Å². The molecule has 2 spiro atoms. The summed E-state index contributed by atoms with van der Waals surface area (Å²) in [4.78, 5) is 39.2. The number of hydrogen-bond donors (Lipinski definition) is 0. The number of carbonyl (C=O) groups is 3. The highest BCUT2D eigenvalue weighted by Gasteiger charge is 2.81. The van der Waals surface area contributed by atoms with Crippen molar-refractivity contribution in [2.75, 3.05) is 6.61 Å². The van der Waals surface area contributed by atoms with Crippen molar-refractivity contribution >= 4 is 17.7 Å². The zero-order valence-electron chi connectivity index (χ0n) is 19.1. The van der Waals surface area contributed by atoms with Crippen molar-refractivity contribution in [1.82, 2.24) is 0 Å². The third kappa shape index (κ3) is 2.03. The fraction of sp³-hybridized carbons (Fsp3) is 0.800. The quantitative estimate of drug-likeness (QED) is 0.551. The Morgan fingerprint density at radius 2 is 1.74 bits per heavy atom. The first-order valence-electron chi connectivity index (χ1n) is 11.7. The Morgan fingerprint density at radius 3 is 2.48 bits per heavy atom. The molecule has 3 aliphatic carbocycles. The van der Waals surface area contributed by atoms with E-state index in [1.165, 1.54) is 0 Å². The molecule has 0 aromatic carbocycles. The lowest BCUT2D eigenvalue weighted by Crippen LogP contribution is -2.71. The Balaban J connectivity index is 1.57. The highest BCUT2D eigenvalue weighted by atomic mass is 16.6. The molecule has 0 amide bonds. The molecule has 6 nitrogen and oxygen atoms in total. The van der Waals surface area contributed by atoms with Gasteiger partial charge in [0, 0.05) is 17.4 Å². The van der Waals surface area contributed by atoms with E-state index in [-0.39, 0.29) is 47.5 Å². The molecule has 31 heavy (non-hydrogen) atoms. The third-order valence-electron chi connectivity index (χ3n) is 10.4. The van der Waals surface area contributed by atoms with E-state index < -0.39 is 27.6 Å². The van der Waals surface area contributed by atoms with Crippen molar-refractivity contribution in [3.05, 3.63) is 12.2 Å². The number of cyclic esters (lactones) is 2. The van der Waals surface area contributed by atoms with Gasteiger partial charge in [-0.25, -0.2) is 4.79 Å². The van der Waals surface area contributed by atoms with Crippen LogP contribution < -0.4 is 0 Å². The molecule has 7 fully saturated rings. The molecule has 8 rings (SSSR count). The molecule has 6 heteroatoms. The summed E-state index contributed by atoms with van der Waals surface area (Å²) in [5, 5.41) is 0. The molecule has 168 valence electrons. The number of ether oxygens (including phenoxy) is 3. The van der Waals surface area contributed by atoms with Gasteiger partial charge in [-0.15, -0.1) is 0 Å². The number of ketones is 1. The van der Waals surface area contributed by atoms with E-state index in [4.69, 9.17) is 14.2 Å². The molecular formula is C25H32O6. The summed E-state index contributed by atoms with van der Waals surface area (Å²) in [6, 6.07) is 0. The number of hydrogen-bond acceptors (Lipinski definition) is 6. The second-order valence-corrected chi connectivity index (χ2v) is 12.4. The molecule has 8 aliphatic rings. The summed E-state index contributed by atoms with van der Waals surface area (Å²) >= 11 is 0. The van der Waals surface area contributed by atoms with Gasteiger partial charge < -0.3 is 14.2 Å². The minimum absolute atomic E-state index is 0.0552. The Morgan fingerprint density at radius 1 is 1.00 bits per heavy atom. The maximum absolute atomic E-state index is 14.1. The Hall–Kier alpha value is -1.69. The van der Waals surface area contributed by atoms with Crippen LogP contribution in [-0.4, -0.2) is 41.1 Å². The first-order chi connectivity index (χ1) is 14.3. The molecule has 4 saturated heterocycles. The summed E-state index contributed by atoms with van der Waals surface area (Å²) in [6.07, 6.45) is 7.05. The van der Waals surface area contributed by atoms with Crippen LogP contribution in [0.3, 0.4) is 0 Å². The lowest BCUT2D eigenvalue weighted by Gasteiger charge is -2.65. The second kappa shape index (κ2) is 5.27. The molecule has 0 aromatic rings. The van der Waals surface area contributed by atoms with Gasteiger partial charge in [0.05, 0.1) is 16.9 Å². The van der Waals surface area contributed by atoms with E-state index in [9.17, 15) is 14.4 Å². The number of fused-ring (bicyclic) bond motifs is 1. The lowest BCUT2D eigenvalue weighted by molar-refractivity contribution is -0.300. The van der Waals surface area contributed by atoms with Crippen LogP contribution in [0, 0.1) is 34.0 Å². The SMILES string of the molecule is CC1(C)OC(=O)C=C[C@]2(C)[C@@H]3C[C@@]4(C)C(=O)[C@@]5(C)C[C@@H]6C(=O)OC[C@@]64O[C@@]3(CC[C@@H]12)C5. The van der Waals surface area contributed by atoms with E-state index in [1.807, 2.05) is 33.8 Å². The summed E-state index contributed by atoms with van der Waals surface area (Å²) in [5.41, 5.74) is -3.73. The molecule has 0 N–H and O–H groups in total. The van der Waals surface area contributed by atoms with Crippen molar-refractivity contribution in [2.24, 2.45) is 34.0 Å². The van der Waals surface area contributed by atoms with Crippen LogP contribution in [0.2, 0.25) is 0 Å². The summed E-state index contributed by atoms with van der Waals surface area (Å²) in [5.74, 6) is -0.492. The predicted molar refractivity (Wildman–Crippen MR) is 110 cm³/mol. The van der Waals surface area contributed by atoms with E-state index in [2.05, 4.69) is 6.92 Å². The van der Waals surface area contributed by atoms with Crippen molar-refractivity contribution in [1.29, 1.82) is 0 Å². The Labute approximate surface area is 183 Å². The normalized spacial score (nSPS) is 56.2. The average Bonchev–Trinajstić information content (AvgIpc) is 2.80. The van der Waals surface area contributed by atoms with E-state index >= 15 is 0 Å². The van der Waals surface area contributed by atoms with Gasteiger partial charge in [-0.3, -0.25) is 9.59 Å². The van der Waals surface area contributed by atoms with Crippen LogP contribution in [0.25, 0.3) is 0 Å². The number of carbonyl (C=O) groups excluding carboxylic acids is 3. The van der Waals surface area contributed by atoms with Crippen LogP contribution in [0.5, 0.6) is 0 Å². The van der Waals surface area contributed by atoms with Gasteiger partial charge in [0.15, 0.2) is 0 Å². The zero-order chi connectivity index (χ0) is 22.2. The molecular weight excluding hydrogens is 396 g/mol. The second-order valence-electron chi connectivity index (χ2n) is 12.4. The molecule has 5 aliphatic heterocycles. The molecule has 3 saturated carbocycles. The monoisotopic (exact) mass is 428 g/mol. The van der Waals surface area contributed by atoms with E-state index in [0.29, 0.717) is 19.3 Å². The molecule has 4 bridgehead atoms. The summed E-state index contributed by atoms with van der Waals surface area (Å²) < 4.78 is 18.5. The number of rotatable bonds is 0. The first-order valence-corrected chi connectivity index (χ1v) is 11.7. The van der Waals surface area contributed by atoms with Gasteiger partial charge in [0.2, 0.25) is 0 Å². The molecule has 8 atom stereocenters. The maximum Gasteiger partial charge on any atom is 0.330 e. The van der Waals surface area contributed by atoms with Gasteiger partial charge in [-0.05, 0) is 64.2 Å². The molecule has 0 radical (unpaired) electrons. The molecule has 5 heterocycles. The van der Waals surface area contributed by atoms with Crippen LogP contribution in [0.15, 0.2) is 12.2 Å². The van der Waals surface area contributed by atoms with Gasteiger partial charge in [0.1, 0.15) is 23.6 Å². The van der Waals surface area contributed by atoms with E-state index in [1.54, 1.807) is 6.08 Å². The van der Waals surface area contributed by atoms with Crippen molar-refractivity contribution in [3.8, 4) is 0 Å². The highest BCUT2D eigenvalue weighted by molar-refractivity contribution is 5.96. The van der Waals surface area contributed by atoms with E-state index in [0.717, 1.165) is 12.8 Å². The smallest absolute Gasteiger partial charge is 0.330 e. The van der Waals surface area contributed by atoms with Crippen LogP contribution >= 0.6 is 0 Å². The first kappa shape index (κ1) is 20.0. The van der Waals surface area contributed by atoms with Crippen LogP contribution in [-0.2, 0) is 28.6 Å². The number of Topliss-reactive ketones (excluding diaryl/α,β-unsaturated/α-hetero) is 1. The number of allylic oxidation sites excluding steroid dienone is 1. The fourth-order valence-corrected chi connectivity index (χ4v) is 9.23. The standard InChI is InChI=1S/C25H32O6/c1-20(2)15-6-9-24-12-21(3)10-14-18(27)29-13-25(14,31-24)23(5,19(21)28)11-16(24)22(15,4)8-7-17(26)30-20/h7-8,14-16H,6,9-13H2,1-5H3/t14-,15+,16+,21+,22+,23+,24+,25-/m1/s1. The van der Waals surface area contributed by atoms with Gasteiger partial charge >= 0.3 is 11.9 Å². The van der Waals surface area contributed by atoms with Crippen molar-refractivity contribution in [2.45, 2.75) is 83.5 Å². The highest BCUT2D eigenvalue weighted by Crippen LogP contribution is 2.74. The van der Waals surface area contributed by atoms with Crippen molar-refractivity contribution < 1.29 is 28.6 Å². The van der Waals surface area contributed by atoms with Gasteiger partial charge in [-0.2, -0.15) is 0 Å². The minimum atomic E-state index is -0.868. The zero-order valence-corrected chi connectivity index (χ0v) is 19.1. The fourth-order valence-electron chi connectivity index (χ4n) is 9.23.